The first-order valence-electron chi connectivity index (χ1n) is 6.78. The lowest BCUT2D eigenvalue weighted by Crippen LogP contribution is -2.36. The lowest BCUT2D eigenvalue weighted by molar-refractivity contribution is -0.136. The normalized spacial score (nSPS) is 11.8. The summed E-state index contributed by atoms with van der Waals surface area (Å²) in [6, 6.07) is 5.65. The summed E-state index contributed by atoms with van der Waals surface area (Å²) in [6.07, 6.45) is 0.626. The highest BCUT2D eigenvalue weighted by Gasteiger charge is 2.14. The van der Waals surface area contributed by atoms with E-state index in [9.17, 15) is 14.7 Å². The van der Waals surface area contributed by atoms with Gasteiger partial charge in [-0.05, 0) is 43.9 Å². The molecule has 0 saturated carbocycles. The molecule has 0 fully saturated rings. The van der Waals surface area contributed by atoms with Crippen LogP contribution in [0.2, 0.25) is 0 Å². The molecule has 0 saturated heterocycles. The summed E-state index contributed by atoms with van der Waals surface area (Å²) >= 11 is 0. The van der Waals surface area contributed by atoms with Gasteiger partial charge in [-0.25, -0.2) is 0 Å². The summed E-state index contributed by atoms with van der Waals surface area (Å²) in [7, 11) is 0. The predicted octanol–water partition coefficient (Wildman–Crippen LogP) is 1.52. The number of nitrogens with one attached hydrogen (secondary N) is 2. The van der Waals surface area contributed by atoms with Crippen LogP contribution in [-0.4, -0.2) is 29.6 Å². The number of benzene rings is 1. The highest BCUT2D eigenvalue weighted by Crippen LogP contribution is 2.16. The molecule has 0 spiro atoms. The molecule has 0 aliphatic carbocycles. The highest BCUT2D eigenvalue weighted by atomic mass is 16.3. The zero-order chi connectivity index (χ0) is 15.1. The topological polar surface area (TPSA) is 78.4 Å². The van der Waals surface area contributed by atoms with Crippen molar-refractivity contribution >= 4 is 17.5 Å². The fourth-order valence-electron chi connectivity index (χ4n) is 1.69. The van der Waals surface area contributed by atoms with E-state index >= 15 is 0 Å². The minimum absolute atomic E-state index is 0.286. The summed E-state index contributed by atoms with van der Waals surface area (Å²) in [5.74, 6) is -1.38. The first-order valence-corrected chi connectivity index (χ1v) is 6.78. The Morgan fingerprint density at radius 1 is 1.25 bits per heavy atom. The van der Waals surface area contributed by atoms with E-state index in [1.54, 1.807) is 0 Å². The number of hydrogen-bond donors (Lipinski definition) is 3. The second-order valence-corrected chi connectivity index (χ2v) is 4.88. The molecular formula is C15H22N2O3. The largest absolute Gasteiger partial charge is 0.393 e. The van der Waals surface area contributed by atoms with Gasteiger partial charge < -0.3 is 15.7 Å². The van der Waals surface area contributed by atoms with Crippen molar-refractivity contribution in [1.29, 1.82) is 0 Å². The van der Waals surface area contributed by atoms with Gasteiger partial charge in [-0.15, -0.1) is 0 Å². The zero-order valence-electron chi connectivity index (χ0n) is 12.2. The fraction of sp³-hybridized carbons (Fsp3) is 0.467. The summed E-state index contributed by atoms with van der Waals surface area (Å²) in [4.78, 5) is 23.3. The summed E-state index contributed by atoms with van der Waals surface area (Å²) < 4.78 is 0. The quantitative estimate of drug-likeness (QED) is 0.715. The summed E-state index contributed by atoms with van der Waals surface area (Å²) in [5.41, 5.74) is 2.55. The van der Waals surface area contributed by atoms with Crippen LogP contribution in [0.4, 0.5) is 5.69 Å². The van der Waals surface area contributed by atoms with Gasteiger partial charge in [-0.2, -0.15) is 0 Å². The van der Waals surface area contributed by atoms with E-state index in [0.717, 1.165) is 11.1 Å². The molecule has 0 aromatic heterocycles. The number of hydrogen-bond acceptors (Lipinski definition) is 3. The monoisotopic (exact) mass is 278 g/mol. The van der Waals surface area contributed by atoms with Gasteiger partial charge in [-0.1, -0.05) is 19.1 Å². The van der Waals surface area contributed by atoms with Crippen molar-refractivity contribution in [2.45, 2.75) is 39.7 Å². The van der Waals surface area contributed by atoms with E-state index in [4.69, 9.17) is 0 Å². The molecule has 1 aromatic carbocycles. The van der Waals surface area contributed by atoms with Crippen LogP contribution in [0, 0.1) is 13.8 Å². The average molecular weight is 278 g/mol. The maximum Gasteiger partial charge on any atom is 0.313 e. The first-order chi connectivity index (χ1) is 9.43. The van der Waals surface area contributed by atoms with Gasteiger partial charge in [-0.3, -0.25) is 9.59 Å². The van der Waals surface area contributed by atoms with E-state index < -0.39 is 17.9 Å². The Morgan fingerprint density at radius 2 is 1.95 bits per heavy atom. The van der Waals surface area contributed by atoms with Gasteiger partial charge in [0.15, 0.2) is 0 Å². The number of aliphatic hydroxyl groups excluding tert-OH is 1. The van der Waals surface area contributed by atoms with Gasteiger partial charge in [0.1, 0.15) is 0 Å². The fourth-order valence-corrected chi connectivity index (χ4v) is 1.69. The molecule has 0 heterocycles. The van der Waals surface area contributed by atoms with E-state index in [1.807, 2.05) is 39.0 Å². The van der Waals surface area contributed by atoms with Crippen molar-refractivity contribution in [3.8, 4) is 0 Å². The molecule has 20 heavy (non-hydrogen) atoms. The van der Waals surface area contributed by atoms with Crippen LogP contribution in [0.3, 0.4) is 0 Å². The SMILES string of the molecule is CCC(O)CCNC(=O)C(=O)Nc1cc(C)ccc1C. The number of aryl methyl sites for hydroxylation is 2. The van der Waals surface area contributed by atoms with Gasteiger partial charge in [0.05, 0.1) is 6.10 Å². The minimum Gasteiger partial charge on any atom is -0.393 e. The summed E-state index contributed by atoms with van der Waals surface area (Å²) in [6.45, 7) is 5.93. The number of carbonyl (C=O) groups is 2. The van der Waals surface area contributed by atoms with E-state index in [-0.39, 0.29) is 6.54 Å². The van der Waals surface area contributed by atoms with E-state index in [0.29, 0.717) is 18.5 Å². The van der Waals surface area contributed by atoms with Gasteiger partial charge >= 0.3 is 11.8 Å². The van der Waals surface area contributed by atoms with Crippen molar-refractivity contribution in [1.82, 2.24) is 5.32 Å². The third-order valence-electron chi connectivity index (χ3n) is 3.08. The van der Waals surface area contributed by atoms with Crippen LogP contribution >= 0.6 is 0 Å². The van der Waals surface area contributed by atoms with Crippen LogP contribution < -0.4 is 10.6 Å². The molecule has 5 nitrogen and oxygen atoms in total. The number of aliphatic hydroxyl groups is 1. The summed E-state index contributed by atoms with van der Waals surface area (Å²) in [5, 5.41) is 14.4. The molecule has 2 amide bonds. The van der Waals surface area contributed by atoms with Crippen LogP contribution in [0.15, 0.2) is 18.2 Å². The third-order valence-corrected chi connectivity index (χ3v) is 3.08. The Morgan fingerprint density at radius 3 is 2.60 bits per heavy atom. The van der Waals surface area contributed by atoms with Crippen molar-refractivity contribution in [3.63, 3.8) is 0 Å². The molecule has 0 aliphatic rings. The number of rotatable bonds is 5. The Balaban J connectivity index is 2.49. The molecule has 110 valence electrons. The molecule has 1 atom stereocenters. The molecule has 3 N–H and O–H groups in total. The maximum atomic E-state index is 11.7. The second-order valence-electron chi connectivity index (χ2n) is 4.88. The van der Waals surface area contributed by atoms with Crippen molar-refractivity contribution in [2.75, 3.05) is 11.9 Å². The van der Waals surface area contributed by atoms with Crippen molar-refractivity contribution in [2.24, 2.45) is 0 Å². The first kappa shape index (κ1) is 16.2. The average Bonchev–Trinajstić information content (AvgIpc) is 2.42. The molecule has 0 bridgehead atoms. The lowest BCUT2D eigenvalue weighted by Gasteiger charge is -2.10. The molecule has 1 rings (SSSR count). The molecule has 0 radical (unpaired) electrons. The van der Waals surface area contributed by atoms with Crippen LogP contribution in [-0.2, 0) is 9.59 Å². The minimum atomic E-state index is -0.690. The smallest absolute Gasteiger partial charge is 0.313 e. The number of anilines is 1. The lowest BCUT2D eigenvalue weighted by atomic mass is 10.1. The number of amides is 2. The number of carbonyl (C=O) groups excluding carboxylic acids is 2. The second kappa shape index (κ2) is 7.65. The molecule has 1 aromatic rings. The third kappa shape index (κ3) is 5.01. The van der Waals surface area contributed by atoms with E-state index in [2.05, 4.69) is 10.6 Å². The Kier molecular flexibility index (Phi) is 6.18. The van der Waals surface area contributed by atoms with Crippen LogP contribution in [0.5, 0.6) is 0 Å². The molecular weight excluding hydrogens is 256 g/mol. The van der Waals surface area contributed by atoms with Crippen molar-refractivity contribution < 1.29 is 14.7 Å². The van der Waals surface area contributed by atoms with E-state index in [1.165, 1.54) is 0 Å². The Labute approximate surface area is 119 Å². The predicted molar refractivity (Wildman–Crippen MR) is 78.5 cm³/mol. The standard InChI is InChI=1S/C15H22N2O3/c1-4-12(18)7-8-16-14(19)15(20)17-13-9-10(2)5-6-11(13)3/h5-6,9,12,18H,4,7-8H2,1-3H3,(H,16,19)(H,17,20). The maximum absolute atomic E-state index is 11.7. The van der Waals surface area contributed by atoms with Gasteiger partial charge in [0.2, 0.25) is 0 Å². The van der Waals surface area contributed by atoms with Crippen molar-refractivity contribution in [3.05, 3.63) is 29.3 Å². The van der Waals surface area contributed by atoms with Gasteiger partial charge in [0, 0.05) is 12.2 Å². The molecule has 0 aliphatic heterocycles. The van der Waals surface area contributed by atoms with Crippen LogP contribution in [0.1, 0.15) is 30.9 Å². The molecule has 1 unspecified atom stereocenters. The van der Waals surface area contributed by atoms with Gasteiger partial charge in [0.25, 0.3) is 0 Å². The Bertz CT molecular complexity index is 486. The molecule has 5 heteroatoms. The highest BCUT2D eigenvalue weighted by molar-refractivity contribution is 6.39. The Hall–Kier alpha value is -1.88. The zero-order valence-corrected chi connectivity index (χ0v) is 12.2. The van der Waals surface area contributed by atoms with Crippen LogP contribution in [0.25, 0.3) is 0 Å².